The van der Waals surface area contributed by atoms with Crippen LogP contribution in [0.2, 0.25) is 0 Å². The number of hydrogen-bond acceptors (Lipinski definition) is 2. The Kier molecular flexibility index (Phi) is 4.72. The molecule has 0 unspecified atom stereocenters. The molecule has 1 amide bonds. The highest BCUT2D eigenvalue weighted by atomic mass is 19.1. The fourth-order valence-electron chi connectivity index (χ4n) is 1.98. The molecule has 0 heterocycles. The van der Waals surface area contributed by atoms with Gasteiger partial charge in [-0.3, -0.25) is 4.79 Å². The number of anilines is 2. The average molecular weight is 284 g/mol. The maximum atomic E-state index is 13.8. The minimum absolute atomic E-state index is 0.264. The first-order valence-corrected chi connectivity index (χ1v) is 6.71. The van der Waals surface area contributed by atoms with E-state index in [2.05, 4.69) is 0 Å². The van der Waals surface area contributed by atoms with Gasteiger partial charge in [-0.15, -0.1) is 0 Å². The van der Waals surface area contributed by atoms with Crippen LogP contribution in [0.1, 0.15) is 12.5 Å². The summed E-state index contributed by atoms with van der Waals surface area (Å²) < 4.78 is 13.8. The van der Waals surface area contributed by atoms with Crippen molar-refractivity contribution < 1.29 is 9.18 Å². The SMILES string of the molecule is CCN(C(=O)/C=C/c1ccc(N)cc1)c1ccccc1F. The molecular weight excluding hydrogens is 267 g/mol. The van der Waals surface area contributed by atoms with Crippen LogP contribution in [0.25, 0.3) is 6.08 Å². The van der Waals surface area contributed by atoms with Crippen LogP contribution in [-0.2, 0) is 4.79 Å². The number of carbonyl (C=O) groups excluding carboxylic acids is 1. The first kappa shape index (κ1) is 14.8. The van der Waals surface area contributed by atoms with Gasteiger partial charge in [0.2, 0.25) is 0 Å². The maximum absolute atomic E-state index is 13.8. The van der Waals surface area contributed by atoms with Gasteiger partial charge in [0.15, 0.2) is 0 Å². The van der Waals surface area contributed by atoms with E-state index >= 15 is 0 Å². The van der Waals surface area contributed by atoms with Crippen molar-refractivity contribution in [2.24, 2.45) is 0 Å². The predicted octanol–water partition coefficient (Wildman–Crippen LogP) is 3.47. The lowest BCUT2D eigenvalue weighted by Crippen LogP contribution is -2.29. The fourth-order valence-corrected chi connectivity index (χ4v) is 1.98. The summed E-state index contributed by atoms with van der Waals surface area (Å²) in [6.07, 6.45) is 3.12. The van der Waals surface area contributed by atoms with Crippen LogP contribution >= 0.6 is 0 Å². The molecular formula is C17H17FN2O. The third-order valence-corrected chi connectivity index (χ3v) is 3.08. The average Bonchev–Trinajstić information content (AvgIpc) is 2.49. The zero-order chi connectivity index (χ0) is 15.2. The number of para-hydroxylation sites is 1. The standard InChI is InChI=1S/C17H17FN2O/c1-2-20(16-6-4-3-5-15(16)18)17(21)12-9-13-7-10-14(19)11-8-13/h3-12H,2,19H2,1H3/b12-9+. The summed E-state index contributed by atoms with van der Waals surface area (Å²) in [4.78, 5) is 13.6. The maximum Gasteiger partial charge on any atom is 0.251 e. The Morgan fingerprint density at radius 2 is 1.86 bits per heavy atom. The molecule has 2 rings (SSSR count). The van der Waals surface area contributed by atoms with Crippen molar-refractivity contribution in [3.8, 4) is 0 Å². The van der Waals surface area contributed by atoms with E-state index in [4.69, 9.17) is 5.73 Å². The van der Waals surface area contributed by atoms with Crippen molar-refractivity contribution in [3.63, 3.8) is 0 Å². The molecule has 0 aliphatic heterocycles. The van der Waals surface area contributed by atoms with Crippen LogP contribution in [-0.4, -0.2) is 12.5 Å². The lowest BCUT2D eigenvalue weighted by atomic mass is 10.2. The topological polar surface area (TPSA) is 46.3 Å². The van der Waals surface area contributed by atoms with Gasteiger partial charge in [0.05, 0.1) is 5.69 Å². The molecule has 0 saturated heterocycles. The molecule has 2 aromatic carbocycles. The zero-order valence-corrected chi connectivity index (χ0v) is 11.8. The molecule has 0 radical (unpaired) electrons. The van der Waals surface area contributed by atoms with Gasteiger partial charge in [0.25, 0.3) is 5.91 Å². The minimum atomic E-state index is -0.409. The third-order valence-electron chi connectivity index (χ3n) is 3.08. The number of nitrogens with two attached hydrogens (primary N) is 1. The second-order valence-corrected chi connectivity index (χ2v) is 4.53. The number of halogens is 1. The van der Waals surface area contributed by atoms with Crippen LogP contribution in [0.4, 0.5) is 15.8 Å². The van der Waals surface area contributed by atoms with Gasteiger partial charge in [-0.05, 0) is 42.8 Å². The first-order chi connectivity index (χ1) is 10.1. The molecule has 0 aliphatic carbocycles. The van der Waals surface area contributed by atoms with Crippen molar-refractivity contribution in [2.75, 3.05) is 17.2 Å². The number of nitrogen functional groups attached to an aromatic ring is 1. The quantitative estimate of drug-likeness (QED) is 0.690. The molecule has 0 aromatic heterocycles. The summed E-state index contributed by atoms with van der Waals surface area (Å²) in [6.45, 7) is 2.20. The second kappa shape index (κ2) is 6.70. The molecule has 0 aliphatic rings. The zero-order valence-electron chi connectivity index (χ0n) is 11.8. The Labute approximate surface area is 123 Å². The van der Waals surface area contributed by atoms with Gasteiger partial charge in [0.1, 0.15) is 5.82 Å². The lowest BCUT2D eigenvalue weighted by Gasteiger charge is -2.19. The molecule has 0 atom stereocenters. The second-order valence-electron chi connectivity index (χ2n) is 4.53. The molecule has 21 heavy (non-hydrogen) atoms. The lowest BCUT2D eigenvalue weighted by molar-refractivity contribution is -0.114. The van der Waals surface area contributed by atoms with Crippen LogP contribution in [0.5, 0.6) is 0 Å². The van der Waals surface area contributed by atoms with E-state index in [0.717, 1.165) is 5.56 Å². The van der Waals surface area contributed by atoms with E-state index in [-0.39, 0.29) is 11.6 Å². The highest BCUT2D eigenvalue weighted by Crippen LogP contribution is 2.19. The van der Waals surface area contributed by atoms with Crippen LogP contribution in [0.3, 0.4) is 0 Å². The molecule has 4 heteroatoms. The van der Waals surface area contributed by atoms with Crippen LogP contribution in [0.15, 0.2) is 54.6 Å². The summed E-state index contributed by atoms with van der Waals surface area (Å²) in [5.41, 5.74) is 7.42. The number of rotatable bonds is 4. The summed E-state index contributed by atoms with van der Waals surface area (Å²) in [5, 5.41) is 0. The molecule has 108 valence electrons. The van der Waals surface area contributed by atoms with E-state index in [9.17, 15) is 9.18 Å². The largest absolute Gasteiger partial charge is 0.399 e. The number of likely N-dealkylation sites (N-methyl/N-ethyl adjacent to an activating group) is 1. The van der Waals surface area contributed by atoms with E-state index in [1.54, 1.807) is 43.3 Å². The number of hydrogen-bond donors (Lipinski definition) is 1. The van der Waals surface area contributed by atoms with Gasteiger partial charge < -0.3 is 10.6 Å². The summed E-state index contributed by atoms with van der Waals surface area (Å²) in [5.74, 6) is -0.673. The van der Waals surface area contributed by atoms with Crippen molar-refractivity contribution in [1.82, 2.24) is 0 Å². The molecule has 3 nitrogen and oxygen atoms in total. The van der Waals surface area contributed by atoms with E-state index in [1.165, 1.54) is 17.0 Å². The Bertz CT molecular complexity index is 650. The van der Waals surface area contributed by atoms with E-state index in [1.807, 2.05) is 12.1 Å². The molecule has 2 N–H and O–H groups in total. The highest BCUT2D eigenvalue weighted by molar-refractivity contribution is 6.03. The Morgan fingerprint density at radius 1 is 1.19 bits per heavy atom. The van der Waals surface area contributed by atoms with Crippen LogP contribution < -0.4 is 10.6 Å². The van der Waals surface area contributed by atoms with Gasteiger partial charge in [-0.2, -0.15) is 0 Å². The Balaban J connectivity index is 2.17. The molecule has 0 fully saturated rings. The summed E-state index contributed by atoms with van der Waals surface area (Å²) >= 11 is 0. The Hall–Kier alpha value is -2.62. The molecule has 0 saturated carbocycles. The Morgan fingerprint density at radius 3 is 2.48 bits per heavy atom. The number of carbonyl (C=O) groups is 1. The minimum Gasteiger partial charge on any atom is -0.399 e. The highest BCUT2D eigenvalue weighted by Gasteiger charge is 2.14. The first-order valence-electron chi connectivity index (χ1n) is 6.71. The van der Waals surface area contributed by atoms with Gasteiger partial charge >= 0.3 is 0 Å². The number of amides is 1. The van der Waals surface area contributed by atoms with Gasteiger partial charge in [-0.25, -0.2) is 4.39 Å². The van der Waals surface area contributed by atoms with E-state index < -0.39 is 5.82 Å². The smallest absolute Gasteiger partial charge is 0.251 e. The van der Waals surface area contributed by atoms with Crippen molar-refractivity contribution >= 4 is 23.4 Å². The summed E-state index contributed by atoms with van der Waals surface area (Å²) in [7, 11) is 0. The molecule has 2 aromatic rings. The molecule has 0 bridgehead atoms. The summed E-state index contributed by atoms with van der Waals surface area (Å²) in [6, 6.07) is 13.4. The van der Waals surface area contributed by atoms with Crippen LogP contribution in [0, 0.1) is 5.82 Å². The third kappa shape index (κ3) is 3.69. The van der Waals surface area contributed by atoms with Crippen molar-refractivity contribution in [2.45, 2.75) is 6.92 Å². The van der Waals surface area contributed by atoms with E-state index in [0.29, 0.717) is 12.2 Å². The monoisotopic (exact) mass is 284 g/mol. The fraction of sp³-hybridized carbons (Fsp3) is 0.118. The number of nitrogens with zero attached hydrogens (tertiary/aromatic N) is 1. The number of benzene rings is 2. The van der Waals surface area contributed by atoms with Crippen molar-refractivity contribution in [3.05, 3.63) is 66.0 Å². The van der Waals surface area contributed by atoms with Crippen molar-refractivity contribution in [1.29, 1.82) is 0 Å². The predicted molar refractivity (Wildman–Crippen MR) is 84.3 cm³/mol. The van der Waals surface area contributed by atoms with Gasteiger partial charge in [-0.1, -0.05) is 24.3 Å². The normalized spacial score (nSPS) is 10.8. The molecule has 0 spiro atoms. The van der Waals surface area contributed by atoms with Gasteiger partial charge in [0, 0.05) is 18.3 Å².